The van der Waals surface area contributed by atoms with E-state index in [0.29, 0.717) is 35.5 Å². The van der Waals surface area contributed by atoms with Crippen molar-refractivity contribution in [3.05, 3.63) is 42.5 Å². The molecular formula is C21H28N2O6S. The van der Waals surface area contributed by atoms with Crippen LogP contribution in [-0.2, 0) is 14.8 Å². The van der Waals surface area contributed by atoms with Crippen LogP contribution in [0.15, 0.2) is 47.4 Å². The number of anilines is 1. The summed E-state index contributed by atoms with van der Waals surface area (Å²) in [6, 6.07) is 11.4. The number of rotatable bonds is 11. The van der Waals surface area contributed by atoms with E-state index in [1.165, 1.54) is 32.4 Å². The van der Waals surface area contributed by atoms with Crippen LogP contribution < -0.4 is 24.2 Å². The number of para-hydroxylation sites is 2. The molecule has 2 aromatic carbocycles. The maximum absolute atomic E-state index is 12.5. The molecule has 0 spiro atoms. The first-order valence-electron chi connectivity index (χ1n) is 9.50. The van der Waals surface area contributed by atoms with Gasteiger partial charge >= 0.3 is 0 Å². The topological polar surface area (TPSA) is 103 Å². The molecule has 30 heavy (non-hydrogen) atoms. The van der Waals surface area contributed by atoms with Crippen LogP contribution in [0.4, 0.5) is 5.69 Å². The Morgan fingerprint density at radius 1 is 1.00 bits per heavy atom. The second kappa shape index (κ2) is 10.8. The minimum atomic E-state index is -3.80. The van der Waals surface area contributed by atoms with Crippen LogP contribution in [0.25, 0.3) is 0 Å². The van der Waals surface area contributed by atoms with E-state index in [1.807, 2.05) is 19.9 Å². The molecule has 1 amide bonds. The van der Waals surface area contributed by atoms with Crippen LogP contribution >= 0.6 is 0 Å². The molecule has 164 valence electrons. The van der Waals surface area contributed by atoms with Crippen molar-refractivity contribution in [3.63, 3.8) is 0 Å². The monoisotopic (exact) mass is 436 g/mol. The van der Waals surface area contributed by atoms with Gasteiger partial charge in [0.1, 0.15) is 5.75 Å². The van der Waals surface area contributed by atoms with Crippen molar-refractivity contribution in [2.24, 2.45) is 5.92 Å². The second-order valence-electron chi connectivity index (χ2n) is 6.91. The van der Waals surface area contributed by atoms with Gasteiger partial charge in [-0.1, -0.05) is 26.0 Å². The van der Waals surface area contributed by atoms with Crippen LogP contribution in [-0.4, -0.2) is 41.7 Å². The Morgan fingerprint density at radius 3 is 2.37 bits per heavy atom. The molecule has 0 aliphatic carbocycles. The number of nitrogens with one attached hydrogen (secondary N) is 2. The number of carbonyl (C=O) groups excluding carboxylic acids is 1. The highest BCUT2D eigenvalue weighted by Crippen LogP contribution is 2.29. The van der Waals surface area contributed by atoms with Crippen molar-refractivity contribution < 1.29 is 27.4 Å². The number of hydrogen-bond acceptors (Lipinski definition) is 6. The van der Waals surface area contributed by atoms with Crippen molar-refractivity contribution in [2.45, 2.75) is 25.2 Å². The van der Waals surface area contributed by atoms with E-state index in [1.54, 1.807) is 18.2 Å². The van der Waals surface area contributed by atoms with Crippen molar-refractivity contribution in [1.82, 2.24) is 4.72 Å². The normalized spacial score (nSPS) is 11.2. The fourth-order valence-corrected chi connectivity index (χ4v) is 3.58. The van der Waals surface area contributed by atoms with Gasteiger partial charge in [-0.3, -0.25) is 4.79 Å². The summed E-state index contributed by atoms with van der Waals surface area (Å²) in [5, 5.41) is 2.76. The number of sulfonamides is 1. The first-order chi connectivity index (χ1) is 14.3. The van der Waals surface area contributed by atoms with Crippen molar-refractivity contribution in [1.29, 1.82) is 0 Å². The Bertz CT molecular complexity index is 960. The van der Waals surface area contributed by atoms with Crippen LogP contribution in [0.2, 0.25) is 0 Å². The summed E-state index contributed by atoms with van der Waals surface area (Å²) in [6.07, 6.45) is -0.0367. The van der Waals surface area contributed by atoms with E-state index in [4.69, 9.17) is 14.2 Å². The molecule has 9 heteroatoms. The van der Waals surface area contributed by atoms with Gasteiger partial charge < -0.3 is 19.5 Å². The standard InChI is InChI=1S/C21H28N2O6S/c1-15(2)14-29-18-8-6-5-7-17(18)23-21(24)11-12-22-30(25,26)16-9-10-19(27-3)20(13-16)28-4/h5-10,13,15,22H,11-12,14H2,1-4H3,(H,23,24). The predicted octanol–water partition coefficient (Wildman–Crippen LogP) is 3.05. The molecule has 0 bridgehead atoms. The van der Waals surface area contributed by atoms with E-state index < -0.39 is 10.0 Å². The van der Waals surface area contributed by atoms with Gasteiger partial charge in [0, 0.05) is 19.0 Å². The summed E-state index contributed by atoms with van der Waals surface area (Å²) in [6.45, 7) is 4.53. The maximum Gasteiger partial charge on any atom is 0.240 e. The van der Waals surface area contributed by atoms with Gasteiger partial charge in [0.15, 0.2) is 11.5 Å². The highest BCUT2D eigenvalue weighted by molar-refractivity contribution is 7.89. The number of methoxy groups -OCH3 is 2. The lowest BCUT2D eigenvalue weighted by atomic mass is 10.2. The summed E-state index contributed by atoms with van der Waals surface area (Å²) in [4.78, 5) is 12.3. The average molecular weight is 437 g/mol. The molecular weight excluding hydrogens is 408 g/mol. The number of benzene rings is 2. The van der Waals surface area contributed by atoms with E-state index in [0.717, 1.165) is 0 Å². The highest BCUT2D eigenvalue weighted by Gasteiger charge is 2.17. The van der Waals surface area contributed by atoms with Gasteiger partial charge in [0.2, 0.25) is 15.9 Å². The van der Waals surface area contributed by atoms with E-state index in [2.05, 4.69) is 10.0 Å². The molecule has 0 heterocycles. The van der Waals surface area contributed by atoms with Gasteiger partial charge in [-0.05, 0) is 30.2 Å². The molecule has 0 saturated heterocycles. The Balaban J connectivity index is 1.94. The quantitative estimate of drug-likeness (QED) is 0.561. The molecule has 0 radical (unpaired) electrons. The fourth-order valence-electron chi connectivity index (χ4n) is 2.53. The minimum Gasteiger partial charge on any atom is -0.493 e. The van der Waals surface area contributed by atoms with Crippen LogP contribution in [0, 0.1) is 5.92 Å². The Morgan fingerprint density at radius 2 is 1.70 bits per heavy atom. The third-order valence-electron chi connectivity index (χ3n) is 4.04. The minimum absolute atomic E-state index is 0.0213. The number of ether oxygens (including phenoxy) is 3. The number of carbonyl (C=O) groups is 1. The molecule has 0 atom stereocenters. The first-order valence-corrected chi connectivity index (χ1v) is 11.0. The highest BCUT2D eigenvalue weighted by atomic mass is 32.2. The zero-order valence-corrected chi connectivity index (χ0v) is 18.4. The third kappa shape index (κ3) is 6.64. The Kier molecular flexibility index (Phi) is 8.49. The van der Waals surface area contributed by atoms with E-state index in [9.17, 15) is 13.2 Å². The number of hydrogen-bond donors (Lipinski definition) is 2. The molecule has 0 saturated carbocycles. The van der Waals surface area contributed by atoms with Crippen LogP contribution in [0.3, 0.4) is 0 Å². The fraction of sp³-hybridized carbons (Fsp3) is 0.381. The molecule has 0 aliphatic rings. The lowest BCUT2D eigenvalue weighted by Crippen LogP contribution is -2.28. The number of amides is 1. The smallest absolute Gasteiger partial charge is 0.240 e. The lowest BCUT2D eigenvalue weighted by molar-refractivity contribution is -0.116. The molecule has 0 fully saturated rings. The second-order valence-corrected chi connectivity index (χ2v) is 8.68. The molecule has 2 N–H and O–H groups in total. The van der Waals surface area contributed by atoms with Gasteiger partial charge in [0.05, 0.1) is 31.4 Å². The molecule has 2 rings (SSSR count). The van der Waals surface area contributed by atoms with E-state index in [-0.39, 0.29) is 23.8 Å². The predicted molar refractivity (Wildman–Crippen MR) is 115 cm³/mol. The lowest BCUT2D eigenvalue weighted by Gasteiger charge is -2.14. The molecule has 2 aromatic rings. The SMILES string of the molecule is COc1ccc(S(=O)(=O)NCCC(=O)Nc2ccccc2OCC(C)C)cc1OC. The Labute approximate surface area is 177 Å². The Hall–Kier alpha value is -2.78. The summed E-state index contributed by atoms with van der Waals surface area (Å²) >= 11 is 0. The van der Waals surface area contributed by atoms with Gasteiger partial charge in [-0.15, -0.1) is 0 Å². The van der Waals surface area contributed by atoms with E-state index >= 15 is 0 Å². The van der Waals surface area contributed by atoms with Crippen molar-refractivity contribution >= 4 is 21.6 Å². The maximum atomic E-state index is 12.5. The molecule has 0 aliphatic heterocycles. The average Bonchev–Trinajstić information content (AvgIpc) is 2.72. The molecule has 0 unspecified atom stereocenters. The molecule has 8 nitrogen and oxygen atoms in total. The van der Waals surface area contributed by atoms with Gasteiger partial charge in [-0.25, -0.2) is 13.1 Å². The third-order valence-corrected chi connectivity index (χ3v) is 5.50. The summed E-state index contributed by atoms with van der Waals surface area (Å²) in [5.74, 6) is 1.32. The first kappa shape index (κ1) is 23.5. The van der Waals surface area contributed by atoms with Crippen molar-refractivity contribution in [2.75, 3.05) is 32.7 Å². The van der Waals surface area contributed by atoms with Crippen LogP contribution in [0.1, 0.15) is 20.3 Å². The summed E-state index contributed by atoms with van der Waals surface area (Å²) in [7, 11) is -0.910. The zero-order valence-electron chi connectivity index (χ0n) is 17.6. The summed E-state index contributed by atoms with van der Waals surface area (Å²) in [5.41, 5.74) is 0.547. The largest absolute Gasteiger partial charge is 0.493 e. The molecule has 0 aromatic heterocycles. The summed E-state index contributed by atoms with van der Waals surface area (Å²) < 4.78 is 43.3. The van der Waals surface area contributed by atoms with Gasteiger partial charge in [0.25, 0.3) is 0 Å². The zero-order chi connectivity index (χ0) is 22.1. The van der Waals surface area contributed by atoms with Crippen LogP contribution in [0.5, 0.6) is 17.2 Å². The van der Waals surface area contributed by atoms with Crippen molar-refractivity contribution in [3.8, 4) is 17.2 Å². The van der Waals surface area contributed by atoms with Gasteiger partial charge in [-0.2, -0.15) is 0 Å².